The van der Waals surface area contributed by atoms with Gasteiger partial charge in [0.25, 0.3) is 0 Å². The first-order valence-corrected chi connectivity index (χ1v) is 14.3. The van der Waals surface area contributed by atoms with Gasteiger partial charge in [0, 0.05) is 39.0 Å². The van der Waals surface area contributed by atoms with Crippen molar-refractivity contribution in [2.24, 2.45) is 28.6 Å². The van der Waals surface area contributed by atoms with Gasteiger partial charge in [-0.15, -0.1) is 0 Å². The number of fused-ring (bicyclic) bond motifs is 3. The summed E-state index contributed by atoms with van der Waals surface area (Å²) in [5.74, 6) is -3.56. The molecule has 224 valence electrons. The number of rotatable bonds is 6. The third-order valence-electron chi connectivity index (χ3n) is 9.60. The molecule has 2 saturated carbocycles. The van der Waals surface area contributed by atoms with Crippen LogP contribution in [0.5, 0.6) is 0 Å². The predicted octanol–water partition coefficient (Wildman–Crippen LogP) is 4.45. The molecule has 0 saturated heterocycles. The largest absolute Gasteiger partial charge is 0.462 e. The van der Waals surface area contributed by atoms with Crippen LogP contribution in [0.4, 0.5) is 0 Å². The van der Waals surface area contributed by atoms with Crippen molar-refractivity contribution in [3.8, 4) is 0 Å². The van der Waals surface area contributed by atoms with Gasteiger partial charge in [0.05, 0.1) is 17.4 Å². The summed E-state index contributed by atoms with van der Waals surface area (Å²) >= 11 is 0. The van der Waals surface area contributed by atoms with Crippen molar-refractivity contribution in [3.05, 3.63) is 23.3 Å². The molecule has 1 N–H and O–H groups in total. The monoisotopic (exact) mass is 562 g/mol. The molecule has 9 atom stereocenters. The number of carbonyl (C=O) groups excluding carboxylic acids is 4. The highest BCUT2D eigenvalue weighted by atomic mass is 16.6. The van der Waals surface area contributed by atoms with Crippen molar-refractivity contribution in [1.82, 2.24) is 0 Å². The van der Waals surface area contributed by atoms with E-state index in [1.807, 2.05) is 27.7 Å². The van der Waals surface area contributed by atoms with Crippen LogP contribution in [0.2, 0.25) is 0 Å². The van der Waals surface area contributed by atoms with Crippen LogP contribution in [-0.4, -0.2) is 59.5 Å². The lowest BCUT2D eigenvalue weighted by atomic mass is 9.48. The molecule has 0 heterocycles. The average molecular weight is 563 g/mol. The first kappa shape index (κ1) is 31.8. The topological polar surface area (TPSA) is 125 Å². The van der Waals surface area contributed by atoms with Crippen LogP contribution in [-0.2, 0) is 38.1 Å². The van der Waals surface area contributed by atoms with Gasteiger partial charge in [-0.2, -0.15) is 0 Å². The minimum atomic E-state index is -1.29. The molecule has 40 heavy (non-hydrogen) atoms. The van der Waals surface area contributed by atoms with Crippen LogP contribution in [0.1, 0.15) is 88.0 Å². The van der Waals surface area contributed by atoms with Gasteiger partial charge in [-0.1, -0.05) is 46.8 Å². The summed E-state index contributed by atoms with van der Waals surface area (Å²) in [6.07, 6.45) is -3.08. The fourth-order valence-corrected chi connectivity index (χ4v) is 7.46. The Hall–Kier alpha value is -2.68. The Morgan fingerprint density at radius 2 is 1.57 bits per heavy atom. The molecule has 9 nitrogen and oxygen atoms in total. The van der Waals surface area contributed by atoms with E-state index in [0.29, 0.717) is 24.8 Å². The minimum Gasteiger partial charge on any atom is -0.462 e. The summed E-state index contributed by atoms with van der Waals surface area (Å²) < 4.78 is 24.3. The Balaban J connectivity index is 2.44. The SMILES string of the molecule is C=C1[C@@H](O)C[C@H](OC(C)=O)[C@@]2(C)[C@@H](OC(C)=O)[C@H](OC(C)=O)C3=C(C)CC[C@@H]([C@@H](OC(=O)C(C)CC)[C@H]12)C3(C)C. The average Bonchev–Trinajstić information content (AvgIpc) is 2.82. The van der Waals surface area contributed by atoms with Gasteiger partial charge in [0.15, 0.2) is 12.2 Å². The first-order chi connectivity index (χ1) is 18.5. The molecule has 0 amide bonds. The van der Waals surface area contributed by atoms with Crippen molar-refractivity contribution in [3.63, 3.8) is 0 Å². The zero-order valence-corrected chi connectivity index (χ0v) is 25.4. The summed E-state index contributed by atoms with van der Waals surface area (Å²) in [5.41, 5.74) is 0.246. The standard InChI is InChI=1S/C31H46O9/c1-11-15(2)29(36)40-26-21-13-12-16(3)24(30(21,8)9)27(38-19(6)33)28(39-20(7)34)31(10)23(37-18(5)32)14-22(35)17(4)25(26)31/h15,21-23,25-28,35H,4,11-14H2,1-3,5-10H3/t15?,21-,22-,23-,25-,26+,27+,28-,31+/m0/s1. The van der Waals surface area contributed by atoms with Crippen molar-refractivity contribution in [2.45, 2.75) is 119 Å². The summed E-state index contributed by atoms with van der Waals surface area (Å²) in [4.78, 5) is 51.1. The normalized spacial score (nSPS) is 35.9. The van der Waals surface area contributed by atoms with Gasteiger partial charge >= 0.3 is 23.9 Å². The van der Waals surface area contributed by atoms with Gasteiger partial charge in [0.1, 0.15) is 12.2 Å². The van der Waals surface area contributed by atoms with Crippen molar-refractivity contribution >= 4 is 23.9 Å². The molecule has 0 aliphatic heterocycles. The summed E-state index contributed by atoms with van der Waals surface area (Å²) in [6.45, 7) is 19.6. The maximum atomic E-state index is 13.4. The zero-order valence-electron chi connectivity index (χ0n) is 25.4. The highest BCUT2D eigenvalue weighted by Gasteiger charge is 2.67. The number of carbonyl (C=O) groups is 4. The fraction of sp³-hybridized carbons (Fsp3) is 0.742. The quantitative estimate of drug-likeness (QED) is 0.284. The molecule has 1 unspecified atom stereocenters. The minimum absolute atomic E-state index is 0.00587. The third-order valence-corrected chi connectivity index (χ3v) is 9.60. The zero-order chi connectivity index (χ0) is 30.3. The lowest BCUT2D eigenvalue weighted by Crippen LogP contribution is -2.67. The number of esters is 4. The molecule has 0 radical (unpaired) electrons. The lowest BCUT2D eigenvalue weighted by Gasteiger charge is -2.61. The Morgan fingerprint density at radius 1 is 1.00 bits per heavy atom. The maximum absolute atomic E-state index is 13.4. The molecule has 0 aromatic heterocycles. The summed E-state index contributed by atoms with van der Waals surface area (Å²) in [6, 6.07) is 0. The molecule has 3 rings (SSSR count). The van der Waals surface area contributed by atoms with Crippen molar-refractivity contribution in [2.75, 3.05) is 0 Å². The number of aliphatic hydroxyl groups excluding tert-OH is 1. The van der Waals surface area contributed by atoms with Gasteiger partial charge < -0.3 is 24.1 Å². The van der Waals surface area contributed by atoms with Crippen LogP contribution in [0.25, 0.3) is 0 Å². The molecule has 0 aromatic rings. The second-order valence-corrected chi connectivity index (χ2v) is 12.6. The molecular weight excluding hydrogens is 516 g/mol. The Kier molecular flexibility index (Phi) is 9.29. The smallest absolute Gasteiger partial charge is 0.308 e. The number of hydrogen-bond acceptors (Lipinski definition) is 9. The molecule has 2 bridgehead atoms. The molecule has 0 aromatic carbocycles. The second-order valence-electron chi connectivity index (χ2n) is 12.6. The van der Waals surface area contributed by atoms with E-state index in [4.69, 9.17) is 18.9 Å². The predicted molar refractivity (Wildman–Crippen MR) is 147 cm³/mol. The van der Waals surface area contributed by atoms with E-state index in [9.17, 15) is 24.3 Å². The van der Waals surface area contributed by atoms with Gasteiger partial charge in [-0.05, 0) is 42.7 Å². The van der Waals surface area contributed by atoms with E-state index in [2.05, 4.69) is 6.58 Å². The van der Waals surface area contributed by atoms with E-state index in [1.165, 1.54) is 20.8 Å². The van der Waals surface area contributed by atoms with E-state index < -0.39 is 65.2 Å². The number of ether oxygens (including phenoxy) is 4. The van der Waals surface area contributed by atoms with Gasteiger partial charge in [-0.3, -0.25) is 19.2 Å². The third kappa shape index (κ3) is 5.58. The van der Waals surface area contributed by atoms with Crippen molar-refractivity contribution < 1.29 is 43.2 Å². The van der Waals surface area contributed by atoms with Crippen LogP contribution < -0.4 is 0 Å². The lowest BCUT2D eigenvalue weighted by molar-refractivity contribution is -0.228. The summed E-state index contributed by atoms with van der Waals surface area (Å²) in [5, 5.41) is 11.2. The molecule has 3 aliphatic rings. The highest BCUT2D eigenvalue weighted by Crippen LogP contribution is 2.61. The van der Waals surface area contributed by atoms with Gasteiger partial charge in [0.2, 0.25) is 0 Å². The van der Waals surface area contributed by atoms with E-state index in [-0.39, 0.29) is 24.2 Å². The molecule has 3 aliphatic carbocycles. The Labute approximate surface area is 237 Å². The van der Waals surface area contributed by atoms with E-state index in [1.54, 1.807) is 13.8 Å². The first-order valence-electron chi connectivity index (χ1n) is 14.3. The van der Waals surface area contributed by atoms with Crippen LogP contribution >= 0.6 is 0 Å². The van der Waals surface area contributed by atoms with E-state index in [0.717, 1.165) is 11.1 Å². The van der Waals surface area contributed by atoms with Crippen LogP contribution in [0, 0.1) is 28.6 Å². The Bertz CT molecular complexity index is 1090. The molecule has 0 spiro atoms. The van der Waals surface area contributed by atoms with E-state index >= 15 is 0 Å². The van der Waals surface area contributed by atoms with Gasteiger partial charge in [-0.25, -0.2) is 0 Å². The maximum Gasteiger partial charge on any atom is 0.308 e. The molecule has 2 fully saturated rings. The van der Waals surface area contributed by atoms with Crippen molar-refractivity contribution in [1.29, 1.82) is 0 Å². The second kappa shape index (κ2) is 11.7. The Morgan fingerprint density at radius 3 is 2.10 bits per heavy atom. The number of hydrogen-bond donors (Lipinski definition) is 1. The highest BCUT2D eigenvalue weighted by molar-refractivity contribution is 5.72. The van der Waals surface area contributed by atoms with Crippen LogP contribution in [0.3, 0.4) is 0 Å². The molecular formula is C31H46O9. The van der Waals surface area contributed by atoms with Crippen LogP contribution in [0.15, 0.2) is 23.3 Å². The molecule has 9 heteroatoms. The number of aliphatic hydroxyl groups is 1. The fourth-order valence-electron chi connectivity index (χ4n) is 7.46. The number of allylic oxidation sites excluding steroid dienone is 1. The summed E-state index contributed by atoms with van der Waals surface area (Å²) in [7, 11) is 0.